The zero-order valence-electron chi connectivity index (χ0n) is 14.4. The second-order valence-electron chi connectivity index (χ2n) is 5.53. The number of anilines is 1. The Hall–Kier alpha value is -3.53. The van der Waals surface area contributed by atoms with Crippen molar-refractivity contribution in [2.75, 3.05) is 19.0 Å². The van der Waals surface area contributed by atoms with E-state index >= 15 is 0 Å². The fourth-order valence-electron chi connectivity index (χ4n) is 2.40. The van der Waals surface area contributed by atoms with Gasteiger partial charge in [-0.1, -0.05) is 12.1 Å². The zero-order valence-corrected chi connectivity index (χ0v) is 14.4. The van der Waals surface area contributed by atoms with Crippen LogP contribution in [0.4, 0.5) is 5.88 Å². The molecule has 0 spiro atoms. The van der Waals surface area contributed by atoms with Crippen LogP contribution in [0.2, 0.25) is 0 Å². The summed E-state index contributed by atoms with van der Waals surface area (Å²) in [5, 5.41) is 12.4. The Kier molecular flexibility index (Phi) is 5.68. The summed E-state index contributed by atoms with van der Waals surface area (Å²) in [6.45, 7) is 1.51. The largest absolute Gasteiger partial charge is 0.497 e. The molecule has 0 amide bonds. The minimum absolute atomic E-state index is 0.248. The van der Waals surface area contributed by atoms with E-state index in [4.69, 9.17) is 9.15 Å². The van der Waals surface area contributed by atoms with Crippen molar-refractivity contribution in [1.29, 1.82) is 5.26 Å². The summed E-state index contributed by atoms with van der Waals surface area (Å²) in [5.74, 6) is 1.54. The topological polar surface area (TPSA) is 88.9 Å². The van der Waals surface area contributed by atoms with E-state index in [1.54, 1.807) is 25.7 Å². The van der Waals surface area contributed by atoms with Gasteiger partial charge < -0.3 is 19.0 Å². The maximum absolute atomic E-state index is 9.23. The monoisotopic (exact) mass is 349 g/mol. The molecule has 1 N–H and O–H groups in total. The number of methoxy groups -OCH3 is 1. The van der Waals surface area contributed by atoms with Gasteiger partial charge in [-0.2, -0.15) is 10.2 Å². The first-order valence-electron chi connectivity index (χ1n) is 8.21. The fraction of sp³-hybridized carbons (Fsp3) is 0.211. The molecule has 3 rings (SSSR count). The van der Waals surface area contributed by atoms with Gasteiger partial charge in [0, 0.05) is 31.6 Å². The Balaban J connectivity index is 1.60. The molecule has 0 unspecified atom stereocenters. The first-order valence-corrected chi connectivity index (χ1v) is 8.21. The highest BCUT2D eigenvalue weighted by molar-refractivity contribution is 5.67. The van der Waals surface area contributed by atoms with Crippen LogP contribution in [-0.2, 0) is 6.54 Å². The maximum Gasteiger partial charge on any atom is 0.232 e. The van der Waals surface area contributed by atoms with Crippen LogP contribution in [0.1, 0.15) is 23.6 Å². The number of aryl methyl sites for hydroxylation is 1. The number of rotatable bonds is 8. The van der Waals surface area contributed by atoms with E-state index < -0.39 is 0 Å². The molecule has 0 radical (unpaired) electrons. The predicted octanol–water partition coefficient (Wildman–Crippen LogP) is 3.42. The first kappa shape index (κ1) is 17.3. The van der Waals surface area contributed by atoms with E-state index in [0.29, 0.717) is 18.3 Å². The van der Waals surface area contributed by atoms with Gasteiger partial charge in [-0.15, -0.1) is 0 Å². The van der Waals surface area contributed by atoms with Gasteiger partial charge in [0.25, 0.3) is 0 Å². The van der Waals surface area contributed by atoms with Crippen LogP contribution >= 0.6 is 0 Å². The number of nitriles is 1. The van der Waals surface area contributed by atoms with Crippen molar-refractivity contribution in [2.24, 2.45) is 0 Å². The summed E-state index contributed by atoms with van der Waals surface area (Å²) in [6.07, 6.45) is 9.90. The Morgan fingerprint density at radius 2 is 2.31 bits per heavy atom. The molecule has 3 aromatic rings. The SMILES string of the molecule is COc1cccc(C=Cc2nc(C#N)c(NCCCn3ccnc3)o2)c1. The number of oxazole rings is 1. The summed E-state index contributed by atoms with van der Waals surface area (Å²) in [5.41, 5.74) is 1.20. The summed E-state index contributed by atoms with van der Waals surface area (Å²) in [4.78, 5) is 8.19. The number of hydrogen-bond acceptors (Lipinski definition) is 6. The molecular formula is C19H19N5O2. The normalized spacial score (nSPS) is 10.8. The van der Waals surface area contributed by atoms with E-state index in [-0.39, 0.29) is 5.69 Å². The van der Waals surface area contributed by atoms with Gasteiger partial charge in [-0.05, 0) is 30.2 Å². The summed E-state index contributed by atoms with van der Waals surface area (Å²) in [7, 11) is 1.63. The minimum atomic E-state index is 0.248. The molecule has 0 bridgehead atoms. The van der Waals surface area contributed by atoms with Crippen molar-refractivity contribution in [1.82, 2.24) is 14.5 Å². The number of aromatic nitrogens is 3. The second-order valence-corrected chi connectivity index (χ2v) is 5.53. The highest BCUT2D eigenvalue weighted by Gasteiger charge is 2.10. The Morgan fingerprint density at radius 1 is 1.38 bits per heavy atom. The van der Waals surface area contributed by atoms with Gasteiger partial charge in [-0.25, -0.2) is 4.98 Å². The smallest absolute Gasteiger partial charge is 0.232 e. The highest BCUT2D eigenvalue weighted by Crippen LogP contribution is 2.19. The van der Waals surface area contributed by atoms with Crippen molar-refractivity contribution in [3.05, 3.63) is 60.1 Å². The quantitative estimate of drug-likeness (QED) is 0.627. The van der Waals surface area contributed by atoms with E-state index in [2.05, 4.69) is 21.4 Å². The van der Waals surface area contributed by atoms with Crippen LogP contribution in [0.15, 0.2) is 47.4 Å². The molecule has 0 fully saturated rings. The average Bonchev–Trinajstić information content (AvgIpc) is 3.33. The molecule has 7 heteroatoms. The van der Waals surface area contributed by atoms with Crippen molar-refractivity contribution >= 4 is 18.0 Å². The molecule has 7 nitrogen and oxygen atoms in total. The molecule has 0 atom stereocenters. The fourth-order valence-corrected chi connectivity index (χ4v) is 2.40. The third-order valence-electron chi connectivity index (χ3n) is 3.70. The standard InChI is InChI=1S/C19H19N5O2/c1-25-16-5-2-4-15(12-16)6-7-18-23-17(13-20)19(26-18)22-8-3-10-24-11-9-21-14-24/h2,4-7,9,11-12,14,22H,3,8,10H2,1H3. The van der Waals surface area contributed by atoms with E-state index in [1.807, 2.05) is 41.1 Å². The van der Waals surface area contributed by atoms with Gasteiger partial charge in [-0.3, -0.25) is 0 Å². The number of nitrogens with zero attached hydrogens (tertiary/aromatic N) is 4. The molecule has 0 aliphatic heterocycles. The summed E-state index contributed by atoms with van der Waals surface area (Å²) < 4.78 is 12.8. The molecule has 0 aliphatic carbocycles. The predicted molar refractivity (Wildman–Crippen MR) is 98.5 cm³/mol. The van der Waals surface area contributed by atoms with Crippen molar-refractivity contribution in [3.8, 4) is 11.8 Å². The van der Waals surface area contributed by atoms with Gasteiger partial charge in [0.05, 0.1) is 13.4 Å². The Bertz CT molecular complexity index is 906. The second kappa shape index (κ2) is 8.53. The average molecular weight is 349 g/mol. The minimum Gasteiger partial charge on any atom is -0.497 e. The van der Waals surface area contributed by atoms with Crippen molar-refractivity contribution in [3.63, 3.8) is 0 Å². The molecule has 2 heterocycles. The van der Waals surface area contributed by atoms with Gasteiger partial charge in [0.1, 0.15) is 11.8 Å². The van der Waals surface area contributed by atoms with Crippen molar-refractivity contribution < 1.29 is 9.15 Å². The van der Waals surface area contributed by atoms with E-state index in [0.717, 1.165) is 24.3 Å². The van der Waals surface area contributed by atoms with Crippen LogP contribution in [0.25, 0.3) is 12.2 Å². The van der Waals surface area contributed by atoms with Crippen LogP contribution in [0.3, 0.4) is 0 Å². The van der Waals surface area contributed by atoms with Gasteiger partial charge in [0.2, 0.25) is 17.5 Å². The van der Waals surface area contributed by atoms with Crippen LogP contribution in [-0.4, -0.2) is 28.2 Å². The maximum atomic E-state index is 9.23. The van der Waals surface area contributed by atoms with E-state index in [1.165, 1.54) is 0 Å². The lowest BCUT2D eigenvalue weighted by Crippen LogP contribution is -2.06. The molecule has 26 heavy (non-hydrogen) atoms. The third kappa shape index (κ3) is 4.51. The molecule has 0 saturated heterocycles. The molecule has 0 saturated carbocycles. The molecule has 0 aliphatic rings. The highest BCUT2D eigenvalue weighted by atomic mass is 16.5. The molecule has 2 aromatic heterocycles. The lowest BCUT2D eigenvalue weighted by atomic mass is 10.2. The van der Waals surface area contributed by atoms with E-state index in [9.17, 15) is 5.26 Å². The number of hydrogen-bond donors (Lipinski definition) is 1. The van der Waals surface area contributed by atoms with Crippen molar-refractivity contribution in [2.45, 2.75) is 13.0 Å². The molecule has 132 valence electrons. The zero-order chi connectivity index (χ0) is 18.2. The number of nitrogens with one attached hydrogen (secondary N) is 1. The van der Waals surface area contributed by atoms with Crippen LogP contribution < -0.4 is 10.1 Å². The lowest BCUT2D eigenvalue weighted by Gasteiger charge is -2.03. The number of ether oxygens (including phenoxy) is 1. The van der Waals surface area contributed by atoms with Crippen LogP contribution in [0.5, 0.6) is 5.75 Å². The molecule has 1 aromatic carbocycles. The Morgan fingerprint density at radius 3 is 3.08 bits per heavy atom. The van der Waals surface area contributed by atoms with Crippen LogP contribution in [0, 0.1) is 11.3 Å². The number of benzene rings is 1. The Labute approximate surface area is 151 Å². The summed E-state index contributed by atoms with van der Waals surface area (Å²) in [6, 6.07) is 9.68. The third-order valence-corrected chi connectivity index (χ3v) is 3.70. The molecular weight excluding hydrogens is 330 g/mol. The van der Waals surface area contributed by atoms with Gasteiger partial charge >= 0.3 is 0 Å². The summed E-state index contributed by atoms with van der Waals surface area (Å²) >= 11 is 0. The van der Waals surface area contributed by atoms with Gasteiger partial charge in [0.15, 0.2) is 0 Å². The number of imidazole rings is 1. The lowest BCUT2D eigenvalue weighted by molar-refractivity contribution is 0.414. The first-order chi connectivity index (χ1) is 12.8.